The average Bonchev–Trinajstić information content (AvgIpc) is 3.04. The third-order valence-corrected chi connectivity index (χ3v) is 6.55. The SMILES string of the molecule is COc1cc(C(=O)CNC(=O)CCc2cc(OC)c(OC)c(OCc3ccccc3)c2)ccc1OCc1ccccc1. The van der Waals surface area contributed by atoms with Gasteiger partial charge in [-0.15, -0.1) is 0 Å². The second kappa shape index (κ2) is 15.1. The predicted molar refractivity (Wildman–Crippen MR) is 160 cm³/mol. The summed E-state index contributed by atoms with van der Waals surface area (Å²) in [5.74, 6) is 2.01. The summed E-state index contributed by atoms with van der Waals surface area (Å²) in [5, 5.41) is 2.71. The highest BCUT2D eigenvalue weighted by atomic mass is 16.5. The van der Waals surface area contributed by atoms with Crippen molar-refractivity contribution >= 4 is 11.7 Å². The van der Waals surface area contributed by atoms with Gasteiger partial charge in [0.25, 0.3) is 0 Å². The number of Topliss-reactive ketones (excluding diaryl/α,β-unsaturated/α-hetero) is 1. The average molecular weight is 570 g/mol. The van der Waals surface area contributed by atoms with Crippen LogP contribution in [0.4, 0.5) is 0 Å². The van der Waals surface area contributed by atoms with E-state index in [1.165, 1.54) is 7.11 Å². The van der Waals surface area contributed by atoms with E-state index in [1.54, 1.807) is 32.4 Å². The van der Waals surface area contributed by atoms with Crippen LogP contribution in [0, 0.1) is 0 Å². The second-order valence-electron chi connectivity index (χ2n) is 9.44. The smallest absolute Gasteiger partial charge is 0.220 e. The summed E-state index contributed by atoms with van der Waals surface area (Å²) in [7, 11) is 4.63. The summed E-state index contributed by atoms with van der Waals surface area (Å²) in [4.78, 5) is 25.4. The number of ketones is 1. The van der Waals surface area contributed by atoms with E-state index in [9.17, 15) is 9.59 Å². The molecule has 218 valence electrons. The van der Waals surface area contributed by atoms with Crippen molar-refractivity contribution in [3.05, 3.63) is 113 Å². The molecule has 1 N–H and O–H groups in total. The first kappa shape index (κ1) is 30.0. The van der Waals surface area contributed by atoms with E-state index >= 15 is 0 Å². The lowest BCUT2D eigenvalue weighted by molar-refractivity contribution is -0.120. The van der Waals surface area contributed by atoms with Crippen molar-refractivity contribution in [2.45, 2.75) is 26.1 Å². The van der Waals surface area contributed by atoms with E-state index in [0.717, 1.165) is 16.7 Å². The summed E-state index contributed by atoms with van der Waals surface area (Å²) in [6.45, 7) is 0.599. The lowest BCUT2D eigenvalue weighted by Gasteiger charge is -2.16. The molecule has 0 atom stereocenters. The number of hydrogen-bond acceptors (Lipinski definition) is 7. The van der Waals surface area contributed by atoms with Crippen LogP contribution in [0.1, 0.15) is 33.5 Å². The van der Waals surface area contributed by atoms with Crippen molar-refractivity contribution in [2.24, 2.45) is 0 Å². The Morgan fingerprint density at radius 1 is 0.619 bits per heavy atom. The van der Waals surface area contributed by atoms with Crippen molar-refractivity contribution in [2.75, 3.05) is 27.9 Å². The largest absolute Gasteiger partial charge is 0.493 e. The number of aryl methyl sites for hydroxylation is 1. The quantitative estimate of drug-likeness (QED) is 0.181. The standard InChI is InChI=1S/C34H35NO7/c1-38-30-20-27(15-16-29(30)41-22-24-10-6-4-7-11-24)28(36)21-35-33(37)17-14-26-18-31(39-2)34(40-3)32(19-26)42-23-25-12-8-5-9-13-25/h4-13,15-16,18-20H,14,17,21-23H2,1-3H3,(H,35,37). The fourth-order valence-electron chi connectivity index (χ4n) is 4.29. The van der Waals surface area contributed by atoms with Gasteiger partial charge in [0.1, 0.15) is 13.2 Å². The van der Waals surface area contributed by atoms with Crippen LogP contribution >= 0.6 is 0 Å². The Morgan fingerprint density at radius 3 is 1.81 bits per heavy atom. The molecule has 0 aliphatic carbocycles. The number of nitrogens with one attached hydrogen (secondary N) is 1. The van der Waals surface area contributed by atoms with Gasteiger partial charge in [-0.3, -0.25) is 9.59 Å². The number of benzene rings is 4. The summed E-state index contributed by atoms with van der Waals surface area (Å²) in [6, 6.07) is 28.2. The molecule has 0 saturated carbocycles. The predicted octanol–water partition coefficient (Wildman–Crippen LogP) is 5.80. The normalized spacial score (nSPS) is 10.5. The van der Waals surface area contributed by atoms with Gasteiger partial charge in [0, 0.05) is 12.0 Å². The van der Waals surface area contributed by atoms with E-state index in [2.05, 4.69) is 5.32 Å². The Hall–Kier alpha value is -4.98. The monoisotopic (exact) mass is 569 g/mol. The van der Waals surface area contributed by atoms with Crippen LogP contribution in [0.25, 0.3) is 0 Å². The Morgan fingerprint density at radius 2 is 1.21 bits per heavy atom. The van der Waals surface area contributed by atoms with E-state index in [-0.39, 0.29) is 24.7 Å². The van der Waals surface area contributed by atoms with Crippen LogP contribution in [-0.4, -0.2) is 39.6 Å². The molecule has 0 heterocycles. The number of rotatable bonds is 15. The highest BCUT2D eigenvalue weighted by Crippen LogP contribution is 2.39. The summed E-state index contributed by atoms with van der Waals surface area (Å²) < 4.78 is 28.3. The zero-order valence-electron chi connectivity index (χ0n) is 24.1. The number of ether oxygens (including phenoxy) is 5. The van der Waals surface area contributed by atoms with Crippen molar-refractivity contribution in [3.8, 4) is 28.7 Å². The van der Waals surface area contributed by atoms with Crippen molar-refractivity contribution in [1.29, 1.82) is 0 Å². The zero-order chi connectivity index (χ0) is 29.7. The molecule has 0 aliphatic rings. The van der Waals surface area contributed by atoms with Crippen LogP contribution in [-0.2, 0) is 24.4 Å². The molecular formula is C34H35NO7. The van der Waals surface area contributed by atoms with E-state index in [4.69, 9.17) is 23.7 Å². The maximum Gasteiger partial charge on any atom is 0.220 e. The molecule has 42 heavy (non-hydrogen) atoms. The number of hydrogen-bond donors (Lipinski definition) is 1. The van der Waals surface area contributed by atoms with Crippen LogP contribution < -0.4 is 29.0 Å². The molecular weight excluding hydrogens is 534 g/mol. The Kier molecular flexibility index (Phi) is 10.8. The van der Waals surface area contributed by atoms with Gasteiger partial charge >= 0.3 is 0 Å². The molecule has 1 amide bonds. The first-order valence-electron chi connectivity index (χ1n) is 13.6. The van der Waals surface area contributed by atoms with E-state index < -0.39 is 0 Å². The minimum Gasteiger partial charge on any atom is -0.493 e. The molecule has 8 nitrogen and oxygen atoms in total. The maximum atomic E-state index is 12.8. The third kappa shape index (κ3) is 8.27. The van der Waals surface area contributed by atoms with Gasteiger partial charge in [-0.25, -0.2) is 0 Å². The van der Waals surface area contributed by atoms with Gasteiger partial charge in [0.15, 0.2) is 28.8 Å². The third-order valence-electron chi connectivity index (χ3n) is 6.55. The van der Waals surface area contributed by atoms with Gasteiger partial charge in [0.05, 0.1) is 27.9 Å². The van der Waals surface area contributed by atoms with Crippen molar-refractivity contribution in [3.63, 3.8) is 0 Å². The molecule has 4 rings (SSSR count). The zero-order valence-corrected chi connectivity index (χ0v) is 24.1. The molecule has 0 bridgehead atoms. The van der Waals surface area contributed by atoms with Gasteiger partial charge in [-0.05, 0) is 53.4 Å². The minimum absolute atomic E-state index is 0.135. The summed E-state index contributed by atoms with van der Waals surface area (Å²) in [6.07, 6.45) is 0.597. The first-order chi connectivity index (χ1) is 20.5. The molecule has 0 unspecified atom stereocenters. The molecule has 0 spiro atoms. The molecule has 0 aliphatic heterocycles. The lowest BCUT2D eigenvalue weighted by Crippen LogP contribution is -2.29. The Bertz CT molecular complexity index is 1470. The van der Waals surface area contributed by atoms with Crippen molar-refractivity contribution in [1.82, 2.24) is 5.32 Å². The van der Waals surface area contributed by atoms with E-state index in [1.807, 2.05) is 72.8 Å². The Balaban J connectivity index is 1.32. The van der Waals surface area contributed by atoms with Gasteiger partial charge in [0.2, 0.25) is 11.7 Å². The van der Waals surface area contributed by atoms with Crippen LogP contribution in [0.3, 0.4) is 0 Å². The molecule has 4 aromatic rings. The fourth-order valence-corrected chi connectivity index (χ4v) is 4.29. The number of carbonyl (C=O) groups excluding carboxylic acids is 2. The molecule has 0 saturated heterocycles. The number of methoxy groups -OCH3 is 3. The molecule has 0 fully saturated rings. The minimum atomic E-state index is -0.250. The van der Waals surface area contributed by atoms with Crippen molar-refractivity contribution < 1.29 is 33.3 Å². The molecule has 0 aromatic heterocycles. The molecule has 4 aromatic carbocycles. The Labute approximate surface area is 246 Å². The number of amides is 1. The van der Waals surface area contributed by atoms with E-state index in [0.29, 0.717) is 53.9 Å². The summed E-state index contributed by atoms with van der Waals surface area (Å²) >= 11 is 0. The highest BCUT2D eigenvalue weighted by Gasteiger charge is 2.16. The van der Waals surface area contributed by atoms with Gasteiger partial charge < -0.3 is 29.0 Å². The van der Waals surface area contributed by atoms with Crippen LogP contribution in [0.5, 0.6) is 28.7 Å². The molecule has 8 heteroatoms. The lowest BCUT2D eigenvalue weighted by atomic mass is 10.1. The highest BCUT2D eigenvalue weighted by molar-refractivity contribution is 5.99. The van der Waals surface area contributed by atoms with Crippen LogP contribution in [0.15, 0.2) is 91.0 Å². The molecule has 0 radical (unpaired) electrons. The second-order valence-corrected chi connectivity index (χ2v) is 9.44. The van der Waals surface area contributed by atoms with Crippen LogP contribution in [0.2, 0.25) is 0 Å². The van der Waals surface area contributed by atoms with Gasteiger partial charge in [-0.1, -0.05) is 60.7 Å². The topological polar surface area (TPSA) is 92.3 Å². The first-order valence-corrected chi connectivity index (χ1v) is 13.6. The number of carbonyl (C=O) groups is 2. The van der Waals surface area contributed by atoms with Gasteiger partial charge in [-0.2, -0.15) is 0 Å². The maximum absolute atomic E-state index is 12.8. The fraction of sp³-hybridized carbons (Fsp3) is 0.235. The summed E-state index contributed by atoms with van der Waals surface area (Å²) in [5.41, 5.74) is 3.29.